The minimum atomic E-state index is -2.54. The van der Waals surface area contributed by atoms with Gasteiger partial charge in [0.05, 0.1) is 52.1 Å². The lowest BCUT2D eigenvalue weighted by molar-refractivity contribution is 0.415. The Kier molecular flexibility index (Phi) is 13.9. The van der Waals surface area contributed by atoms with E-state index in [9.17, 15) is 0 Å². The molecule has 0 heterocycles. The van der Waals surface area contributed by atoms with Crippen LogP contribution < -0.4 is 13.8 Å². The van der Waals surface area contributed by atoms with E-state index in [1.165, 1.54) is 4.78 Å². The number of ether oxygens (including phenoxy) is 1. The lowest BCUT2D eigenvalue weighted by Gasteiger charge is -2.20. The number of hydrogen-bond donors (Lipinski definition) is 2. The minimum Gasteiger partial charge on any atom is -0.497 e. The minimum absolute atomic E-state index is 0.623. The first-order valence-electron chi connectivity index (χ1n) is 12.0. The third-order valence-corrected chi connectivity index (χ3v) is 12.0. The number of benzene rings is 3. The molecule has 3 rings (SSSR count). The molecule has 17 heteroatoms. The molecule has 2 atom stereocenters. The fourth-order valence-electron chi connectivity index (χ4n) is 2.82. The predicted octanol–water partition coefficient (Wildman–Crippen LogP) is 8.67. The Morgan fingerprint density at radius 1 is 0.786 bits per heavy atom. The van der Waals surface area contributed by atoms with Crippen LogP contribution in [-0.4, -0.2) is 61.2 Å². The van der Waals surface area contributed by atoms with Gasteiger partial charge in [0.25, 0.3) is 7.50 Å². The topological polar surface area (TPSA) is 74.5 Å². The van der Waals surface area contributed by atoms with E-state index in [1.54, 1.807) is 49.4 Å². The molecule has 2 unspecified atom stereocenters. The maximum atomic E-state index is 5.99. The van der Waals surface area contributed by atoms with Crippen LogP contribution in [0.4, 0.5) is 0 Å². The summed E-state index contributed by atoms with van der Waals surface area (Å²) in [4.78, 5) is 0. The van der Waals surface area contributed by atoms with Crippen molar-refractivity contribution >= 4 is 97.3 Å². The Morgan fingerprint density at radius 2 is 1.24 bits per heavy atom. The lowest BCUT2D eigenvalue weighted by Crippen LogP contribution is -2.05. The van der Waals surface area contributed by atoms with Crippen molar-refractivity contribution in [2.45, 2.75) is 0 Å². The van der Waals surface area contributed by atoms with E-state index in [1.807, 2.05) is 79.8 Å². The highest BCUT2D eigenvalue weighted by Gasteiger charge is 2.36. The molecule has 9 nitrogen and oxygen atoms in total. The molecule has 0 amide bonds. The van der Waals surface area contributed by atoms with E-state index < -0.39 is 19.9 Å². The largest absolute Gasteiger partial charge is 0.540 e. The fourth-order valence-corrected chi connectivity index (χ4v) is 5.30. The Hall–Kier alpha value is -1.87. The van der Waals surface area contributed by atoms with Crippen LogP contribution in [0.15, 0.2) is 88.1 Å². The number of thiol groups is 2. The molecule has 0 bridgehead atoms. The van der Waals surface area contributed by atoms with Crippen molar-refractivity contribution in [3.63, 3.8) is 0 Å². The van der Waals surface area contributed by atoms with Crippen molar-refractivity contribution < 1.29 is 13.8 Å². The summed E-state index contributed by atoms with van der Waals surface area (Å²) < 4.78 is 21.7. The summed E-state index contributed by atoms with van der Waals surface area (Å²) in [6, 6.07) is 22.4. The van der Waals surface area contributed by atoms with Crippen LogP contribution in [0, 0.1) is 0 Å². The zero-order valence-electron chi connectivity index (χ0n) is 23.0. The number of hydrogen-bond acceptors (Lipinski definition) is 11. The summed E-state index contributed by atoms with van der Waals surface area (Å²) in [6.07, 6.45) is 5.08. The van der Waals surface area contributed by atoms with Gasteiger partial charge in [0.15, 0.2) is 28.2 Å². The first kappa shape index (κ1) is 34.6. The van der Waals surface area contributed by atoms with Gasteiger partial charge in [-0.1, -0.05) is 17.0 Å². The average molecular weight is 722 g/mol. The molecule has 3 aromatic carbocycles. The molecule has 0 aromatic heterocycles. The van der Waals surface area contributed by atoms with E-state index in [0.29, 0.717) is 11.5 Å². The van der Waals surface area contributed by atoms with Gasteiger partial charge >= 0.3 is 12.4 Å². The number of rotatable bonds is 14. The van der Waals surface area contributed by atoms with E-state index in [4.69, 9.17) is 48.1 Å². The Balaban J connectivity index is 1.48. The summed E-state index contributed by atoms with van der Waals surface area (Å²) >= 11 is 26.2. The molecule has 0 N–H and O–H groups in total. The van der Waals surface area contributed by atoms with Crippen LogP contribution in [0.5, 0.6) is 17.2 Å². The molecule has 42 heavy (non-hydrogen) atoms. The van der Waals surface area contributed by atoms with Crippen LogP contribution in [-0.2, 0) is 11.8 Å². The van der Waals surface area contributed by atoms with Gasteiger partial charge < -0.3 is 9.26 Å². The summed E-state index contributed by atoms with van der Waals surface area (Å²) in [6.45, 7) is 0. The van der Waals surface area contributed by atoms with Crippen LogP contribution in [0.2, 0.25) is 0 Å². The zero-order valence-corrected chi connectivity index (χ0v) is 29.8. The van der Waals surface area contributed by atoms with Gasteiger partial charge in [0.2, 0.25) is 11.8 Å². The van der Waals surface area contributed by atoms with Crippen molar-refractivity contribution in [2.75, 3.05) is 28.3 Å². The Morgan fingerprint density at radius 3 is 1.74 bits per heavy atom. The molecule has 222 valence electrons. The lowest BCUT2D eigenvalue weighted by atomic mass is 10.2. The van der Waals surface area contributed by atoms with Crippen LogP contribution in [0.1, 0.15) is 16.7 Å². The molecule has 3 aromatic rings. The molecule has 0 radical (unpaired) electrons. The van der Waals surface area contributed by atoms with Gasteiger partial charge in [0, 0.05) is 7.05 Å². The predicted molar refractivity (Wildman–Crippen MR) is 191 cm³/mol. The molecule has 0 saturated heterocycles. The first-order chi connectivity index (χ1) is 19.9. The summed E-state index contributed by atoms with van der Waals surface area (Å²) in [5, 5.41) is 10.5. The second kappa shape index (κ2) is 16.8. The van der Waals surface area contributed by atoms with Gasteiger partial charge in [0.1, 0.15) is 11.5 Å². The molecule has 0 spiro atoms. The molecule has 0 fully saturated rings. The zero-order chi connectivity index (χ0) is 30.7. The normalized spacial score (nSPS) is 12.9. The molecular weight excluding hydrogens is 692 g/mol. The average Bonchev–Trinajstić information content (AvgIpc) is 2.98. The van der Waals surface area contributed by atoms with Crippen LogP contribution in [0.25, 0.3) is 0 Å². The van der Waals surface area contributed by atoms with E-state index in [-0.39, 0.29) is 0 Å². The quantitative estimate of drug-likeness (QED) is 0.0748. The van der Waals surface area contributed by atoms with Crippen molar-refractivity contribution in [1.29, 1.82) is 0 Å². The van der Waals surface area contributed by atoms with Gasteiger partial charge in [-0.25, -0.2) is 4.78 Å². The number of halogens is 2. The molecule has 0 saturated carbocycles. The number of nitrogens with zero attached hydrogens (tertiary/aromatic N) is 6. The van der Waals surface area contributed by atoms with Gasteiger partial charge in [-0.2, -0.15) is 5.10 Å². The maximum Gasteiger partial charge on any atom is 0.540 e. The summed E-state index contributed by atoms with van der Waals surface area (Å²) in [5.74, 6) is 2.08. The first-order valence-corrected chi connectivity index (χ1v) is 21.2. The van der Waals surface area contributed by atoms with E-state index in [0.717, 1.165) is 22.4 Å². The molecule has 0 aliphatic rings. The van der Waals surface area contributed by atoms with Crippen molar-refractivity contribution in [2.24, 2.45) is 15.3 Å². The van der Waals surface area contributed by atoms with Crippen LogP contribution >= 0.6 is 66.9 Å². The fraction of sp³-hybridized carbons (Fsp3) is 0.160. The Bertz CT molecular complexity index is 1400. The molecule has 0 aliphatic heterocycles. The Labute approximate surface area is 274 Å². The van der Waals surface area contributed by atoms with Gasteiger partial charge in [-0.05, 0) is 89.5 Å². The standard InChI is InChI=1S/C25H29Cl2N6O3P3S3/c1-31(28-17-20-5-11-23(34-4)12-6-20)37(40)35-24-13-7-21(8-14-24)18-29-32(2)38(41)36-25-15-9-22(10-16-25)19-30-33(3)39(26,27)42/h5-19,40,42H,1-4H3/q+2. The number of hydrazone groups is 3. The number of methoxy groups -OCH3 is 1. The smallest absolute Gasteiger partial charge is 0.497 e. The second-order valence-corrected chi connectivity index (χ2v) is 20.8. The monoisotopic (exact) mass is 720 g/mol. The van der Waals surface area contributed by atoms with Gasteiger partial charge in [-0.3, -0.25) is 4.52 Å². The summed E-state index contributed by atoms with van der Waals surface area (Å²) in [5.41, 5.74) is 2.65. The van der Waals surface area contributed by atoms with Crippen molar-refractivity contribution in [3.8, 4) is 17.2 Å². The highest BCUT2D eigenvalue weighted by Crippen LogP contribution is 2.75. The van der Waals surface area contributed by atoms with Crippen molar-refractivity contribution in [3.05, 3.63) is 89.5 Å². The third kappa shape index (κ3) is 11.7. The third-order valence-electron chi connectivity index (χ3n) is 5.20. The molecule has 0 aliphatic carbocycles. The maximum absolute atomic E-state index is 5.99. The second-order valence-electron chi connectivity index (χ2n) is 8.24. The van der Waals surface area contributed by atoms with Crippen molar-refractivity contribution in [1.82, 2.24) is 14.3 Å². The van der Waals surface area contributed by atoms with Crippen LogP contribution in [0.3, 0.4) is 0 Å². The summed E-state index contributed by atoms with van der Waals surface area (Å²) in [7, 11) is 4.16. The SMILES string of the molecule is COc1ccc(C=NN(C)P(S)Oc2ccc(C=NN(C)[P+](=S)Oc3ccc(C=NN(C)[P+](S)(Cl)Cl)cc3)cc2)cc1. The highest BCUT2D eigenvalue weighted by molar-refractivity contribution is 8.69. The van der Waals surface area contributed by atoms with E-state index in [2.05, 4.69) is 39.8 Å². The van der Waals surface area contributed by atoms with Gasteiger partial charge in [-0.15, -0.1) is 15.0 Å². The van der Waals surface area contributed by atoms with E-state index >= 15 is 0 Å². The highest BCUT2D eigenvalue weighted by atomic mass is 35.9. The molecular formula is C25H29Cl2N6O3P3S3+2.